The third kappa shape index (κ3) is 1.98. The zero-order valence-electron chi connectivity index (χ0n) is 10.5. The second-order valence-corrected chi connectivity index (χ2v) is 5.60. The lowest BCUT2D eigenvalue weighted by atomic mass is 10.2. The average Bonchev–Trinajstić information content (AvgIpc) is 3.18. The Morgan fingerprint density at radius 1 is 1.16 bits per heavy atom. The zero-order valence-corrected chi connectivity index (χ0v) is 11.3. The van der Waals surface area contributed by atoms with Crippen molar-refractivity contribution in [3.05, 3.63) is 46.9 Å². The van der Waals surface area contributed by atoms with Crippen molar-refractivity contribution in [2.45, 2.75) is 25.2 Å². The van der Waals surface area contributed by atoms with Gasteiger partial charge in [0.15, 0.2) is 0 Å². The van der Waals surface area contributed by atoms with Crippen LogP contribution < -0.4 is 4.90 Å². The van der Waals surface area contributed by atoms with Crippen LogP contribution in [0.5, 0.6) is 0 Å². The minimum Gasteiger partial charge on any atom is -0.326 e. The molecular formula is C15H14ClN3. The van der Waals surface area contributed by atoms with E-state index in [0.29, 0.717) is 11.1 Å². The van der Waals surface area contributed by atoms with Crippen LogP contribution in [0.15, 0.2) is 30.3 Å². The lowest BCUT2D eigenvalue weighted by Crippen LogP contribution is -2.16. The molecule has 0 bridgehead atoms. The summed E-state index contributed by atoms with van der Waals surface area (Å²) in [6, 6.07) is 10.4. The van der Waals surface area contributed by atoms with Gasteiger partial charge >= 0.3 is 0 Å². The van der Waals surface area contributed by atoms with Gasteiger partial charge in [-0.15, -0.1) is 0 Å². The summed E-state index contributed by atoms with van der Waals surface area (Å²) in [5.74, 6) is 2.37. The monoisotopic (exact) mass is 271 g/mol. The molecule has 0 amide bonds. The summed E-state index contributed by atoms with van der Waals surface area (Å²) in [5.41, 5.74) is 2.63. The lowest BCUT2D eigenvalue weighted by molar-refractivity contribution is 0.894. The van der Waals surface area contributed by atoms with Crippen molar-refractivity contribution in [2.75, 3.05) is 11.4 Å². The quantitative estimate of drug-likeness (QED) is 0.780. The molecule has 19 heavy (non-hydrogen) atoms. The van der Waals surface area contributed by atoms with E-state index in [9.17, 15) is 0 Å². The van der Waals surface area contributed by atoms with Gasteiger partial charge in [0.25, 0.3) is 0 Å². The number of benzene rings is 1. The normalized spacial score (nSPS) is 17.6. The molecule has 1 saturated carbocycles. The second kappa shape index (κ2) is 4.20. The highest BCUT2D eigenvalue weighted by molar-refractivity contribution is 6.29. The number of anilines is 2. The van der Waals surface area contributed by atoms with Crippen molar-refractivity contribution in [3.8, 4) is 0 Å². The summed E-state index contributed by atoms with van der Waals surface area (Å²) in [6.45, 7) is 0.969. The SMILES string of the molecule is Clc1cc(N2CCc3ccccc32)nc(C2CC2)n1. The van der Waals surface area contributed by atoms with Crippen LogP contribution in [-0.2, 0) is 6.42 Å². The van der Waals surface area contributed by atoms with Crippen molar-refractivity contribution < 1.29 is 0 Å². The van der Waals surface area contributed by atoms with Crippen LogP contribution in [0, 0.1) is 0 Å². The lowest BCUT2D eigenvalue weighted by Gasteiger charge is -2.19. The molecule has 2 heterocycles. The fraction of sp³-hybridized carbons (Fsp3) is 0.333. The maximum atomic E-state index is 6.15. The van der Waals surface area contributed by atoms with Crippen molar-refractivity contribution in [2.24, 2.45) is 0 Å². The molecule has 3 nitrogen and oxygen atoms in total. The highest BCUT2D eigenvalue weighted by Gasteiger charge is 2.29. The van der Waals surface area contributed by atoms with Crippen molar-refractivity contribution >= 4 is 23.1 Å². The van der Waals surface area contributed by atoms with Crippen LogP contribution in [0.2, 0.25) is 5.15 Å². The molecule has 0 saturated heterocycles. The molecule has 0 atom stereocenters. The van der Waals surface area contributed by atoms with Gasteiger partial charge in [-0.05, 0) is 30.9 Å². The maximum absolute atomic E-state index is 6.15. The molecule has 4 rings (SSSR count). The molecular weight excluding hydrogens is 258 g/mol. The number of halogens is 1. The second-order valence-electron chi connectivity index (χ2n) is 5.21. The Hall–Kier alpha value is -1.61. The Kier molecular flexibility index (Phi) is 2.49. The van der Waals surface area contributed by atoms with Gasteiger partial charge in [-0.2, -0.15) is 0 Å². The molecule has 96 valence electrons. The molecule has 2 aromatic rings. The van der Waals surface area contributed by atoms with Gasteiger partial charge in [0.1, 0.15) is 16.8 Å². The Morgan fingerprint density at radius 2 is 2.00 bits per heavy atom. The van der Waals surface area contributed by atoms with Crippen LogP contribution in [0.25, 0.3) is 0 Å². The highest BCUT2D eigenvalue weighted by Crippen LogP contribution is 2.40. The fourth-order valence-electron chi connectivity index (χ4n) is 2.66. The third-order valence-corrected chi connectivity index (χ3v) is 4.00. The predicted octanol–water partition coefficient (Wildman–Crippen LogP) is 3.70. The Balaban J connectivity index is 1.77. The summed E-state index contributed by atoms with van der Waals surface area (Å²) < 4.78 is 0. The smallest absolute Gasteiger partial charge is 0.138 e. The molecule has 1 aromatic carbocycles. The molecule has 0 radical (unpaired) electrons. The van der Waals surface area contributed by atoms with E-state index in [-0.39, 0.29) is 0 Å². The maximum Gasteiger partial charge on any atom is 0.138 e. The molecule has 2 aliphatic rings. The minimum absolute atomic E-state index is 0.523. The minimum atomic E-state index is 0.523. The number of nitrogens with zero attached hydrogens (tertiary/aromatic N) is 3. The first-order chi connectivity index (χ1) is 9.31. The number of fused-ring (bicyclic) bond motifs is 1. The van der Waals surface area contributed by atoms with Crippen molar-refractivity contribution in [1.29, 1.82) is 0 Å². The van der Waals surface area contributed by atoms with Gasteiger partial charge in [-0.25, -0.2) is 9.97 Å². The van der Waals surface area contributed by atoms with E-state index in [1.807, 2.05) is 6.07 Å². The number of para-hydroxylation sites is 1. The van der Waals surface area contributed by atoms with Gasteiger partial charge in [0, 0.05) is 24.2 Å². The molecule has 1 aromatic heterocycles. The van der Waals surface area contributed by atoms with Crippen LogP contribution in [0.1, 0.15) is 30.1 Å². The molecule has 1 aliphatic carbocycles. The number of hydrogen-bond acceptors (Lipinski definition) is 3. The van der Waals surface area contributed by atoms with Crippen molar-refractivity contribution in [3.63, 3.8) is 0 Å². The summed E-state index contributed by atoms with van der Waals surface area (Å²) in [4.78, 5) is 11.3. The third-order valence-electron chi connectivity index (χ3n) is 3.80. The molecule has 4 heteroatoms. The van der Waals surface area contributed by atoms with E-state index in [4.69, 9.17) is 16.6 Å². The summed E-state index contributed by atoms with van der Waals surface area (Å²) in [6.07, 6.45) is 3.45. The standard InChI is InChI=1S/C15H14ClN3/c16-13-9-14(18-15(17-13)11-5-6-11)19-8-7-10-3-1-2-4-12(10)19/h1-4,9,11H,5-8H2. The number of rotatable bonds is 2. The van der Waals surface area contributed by atoms with E-state index < -0.39 is 0 Å². The van der Waals surface area contributed by atoms with Gasteiger partial charge in [0.2, 0.25) is 0 Å². The van der Waals surface area contributed by atoms with E-state index in [1.54, 1.807) is 0 Å². The largest absolute Gasteiger partial charge is 0.326 e. The average molecular weight is 272 g/mol. The first-order valence-corrected chi connectivity index (χ1v) is 7.09. The molecule has 1 fully saturated rings. The number of aromatic nitrogens is 2. The Labute approximate surface area is 117 Å². The van der Waals surface area contributed by atoms with Gasteiger partial charge in [0.05, 0.1) is 0 Å². The Morgan fingerprint density at radius 3 is 2.84 bits per heavy atom. The van der Waals surface area contributed by atoms with Crippen LogP contribution in [0.4, 0.5) is 11.5 Å². The molecule has 0 N–H and O–H groups in total. The summed E-state index contributed by atoms with van der Waals surface area (Å²) in [5, 5.41) is 0.552. The molecule has 0 spiro atoms. The topological polar surface area (TPSA) is 29.0 Å². The highest BCUT2D eigenvalue weighted by atomic mass is 35.5. The van der Waals surface area contributed by atoms with E-state index >= 15 is 0 Å². The van der Waals surface area contributed by atoms with Crippen LogP contribution in [0.3, 0.4) is 0 Å². The first kappa shape index (κ1) is 11.2. The van der Waals surface area contributed by atoms with Crippen LogP contribution in [-0.4, -0.2) is 16.5 Å². The Bertz CT molecular complexity index is 637. The first-order valence-electron chi connectivity index (χ1n) is 6.71. The van der Waals surface area contributed by atoms with Gasteiger partial charge in [-0.3, -0.25) is 0 Å². The van der Waals surface area contributed by atoms with E-state index in [2.05, 4.69) is 34.1 Å². The van der Waals surface area contributed by atoms with E-state index in [0.717, 1.165) is 24.6 Å². The fourth-order valence-corrected chi connectivity index (χ4v) is 2.85. The molecule has 1 aliphatic heterocycles. The van der Waals surface area contributed by atoms with Gasteiger partial charge < -0.3 is 4.90 Å². The zero-order chi connectivity index (χ0) is 12.8. The summed E-state index contributed by atoms with van der Waals surface area (Å²) >= 11 is 6.15. The van der Waals surface area contributed by atoms with Crippen LogP contribution >= 0.6 is 11.6 Å². The van der Waals surface area contributed by atoms with E-state index in [1.165, 1.54) is 24.1 Å². The van der Waals surface area contributed by atoms with Crippen molar-refractivity contribution in [1.82, 2.24) is 9.97 Å². The number of hydrogen-bond donors (Lipinski definition) is 0. The molecule has 0 unspecified atom stereocenters. The summed E-state index contributed by atoms with van der Waals surface area (Å²) in [7, 11) is 0. The van der Waals surface area contributed by atoms with Gasteiger partial charge in [-0.1, -0.05) is 29.8 Å². The predicted molar refractivity (Wildman–Crippen MR) is 76.2 cm³/mol.